The highest BCUT2D eigenvalue weighted by molar-refractivity contribution is 5.85. The first-order valence-electron chi connectivity index (χ1n) is 5.15. The van der Waals surface area contributed by atoms with Crippen LogP contribution in [0.2, 0.25) is 0 Å². The minimum absolute atomic E-state index is 0. The van der Waals surface area contributed by atoms with Crippen molar-refractivity contribution >= 4 is 12.4 Å². The average Bonchev–Trinajstić information content (AvgIpc) is 2.27. The van der Waals surface area contributed by atoms with Gasteiger partial charge in [0.2, 0.25) is 0 Å². The van der Waals surface area contributed by atoms with Gasteiger partial charge in [-0.25, -0.2) is 0 Å². The van der Waals surface area contributed by atoms with E-state index in [1.807, 2.05) is 13.8 Å². The zero-order valence-electron chi connectivity index (χ0n) is 10.3. The number of benzene rings is 1. The van der Waals surface area contributed by atoms with Gasteiger partial charge in [0.1, 0.15) is 0 Å². The first-order chi connectivity index (χ1) is 7.42. The minimum Gasteiger partial charge on any atom is -0.504 e. The van der Waals surface area contributed by atoms with E-state index in [1.54, 1.807) is 18.2 Å². The van der Waals surface area contributed by atoms with Crippen LogP contribution in [0.3, 0.4) is 0 Å². The predicted octanol–water partition coefficient (Wildman–Crippen LogP) is 1.84. The van der Waals surface area contributed by atoms with Crippen molar-refractivity contribution in [1.29, 1.82) is 0 Å². The maximum Gasteiger partial charge on any atom is 0.160 e. The van der Waals surface area contributed by atoms with Crippen molar-refractivity contribution < 1.29 is 14.9 Å². The highest BCUT2D eigenvalue weighted by atomic mass is 35.5. The molecule has 17 heavy (non-hydrogen) atoms. The fourth-order valence-electron chi connectivity index (χ4n) is 1.45. The van der Waals surface area contributed by atoms with Gasteiger partial charge in [0.25, 0.3) is 0 Å². The third-order valence-corrected chi connectivity index (χ3v) is 2.81. The van der Waals surface area contributed by atoms with E-state index < -0.39 is 5.41 Å². The van der Waals surface area contributed by atoms with Crippen LogP contribution in [0.5, 0.6) is 11.5 Å². The molecule has 1 atom stereocenters. The number of nitrogens with two attached hydrogens (primary N) is 1. The van der Waals surface area contributed by atoms with Gasteiger partial charge in [-0.05, 0) is 17.7 Å². The summed E-state index contributed by atoms with van der Waals surface area (Å²) < 4.78 is 4.95. The number of rotatable bonds is 4. The van der Waals surface area contributed by atoms with Crippen molar-refractivity contribution in [3.8, 4) is 11.5 Å². The lowest BCUT2D eigenvalue weighted by Gasteiger charge is -2.29. The van der Waals surface area contributed by atoms with Crippen LogP contribution in [0.15, 0.2) is 18.2 Å². The van der Waals surface area contributed by atoms with Gasteiger partial charge in [0.15, 0.2) is 11.5 Å². The van der Waals surface area contributed by atoms with E-state index in [1.165, 1.54) is 7.11 Å². The number of phenolic OH excluding ortho intramolecular Hbond substituents is 1. The number of hydrogen-bond donors (Lipinski definition) is 3. The van der Waals surface area contributed by atoms with Gasteiger partial charge in [-0.15, -0.1) is 12.4 Å². The molecule has 0 saturated heterocycles. The standard InChI is InChI=1S/C12H19NO3.ClH/c1-12(2,7-14)11(13)8-4-5-10(16-3)9(15)6-8;/h4-6,11,14-15H,7,13H2,1-3H3;1H/t11-;/m0./s1. The monoisotopic (exact) mass is 261 g/mol. The molecule has 0 aliphatic carbocycles. The fourth-order valence-corrected chi connectivity index (χ4v) is 1.45. The molecule has 0 unspecified atom stereocenters. The van der Waals surface area contributed by atoms with E-state index in [4.69, 9.17) is 10.5 Å². The van der Waals surface area contributed by atoms with Crippen LogP contribution in [0.25, 0.3) is 0 Å². The SMILES string of the molecule is COc1ccc([C@H](N)C(C)(C)CO)cc1O.Cl. The fraction of sp³-hybridized carbons (Fsp3) is 0.500. The van der Waals surface area contributed by atoms with Crippen molar-refractivity contribution in [1.82, 2.24) is 0 Å². The topological polar surface area (TPSA) is 75.7 Å². The summed E-state index contributed by atoms with van der Waals surface area (Å²) in [5.41, 5.74) is 6.38. The molecule has 4 N–H and O–H groups in total. The van der Waals surface area contributed by atoms with Crippen LogP contribution < -0.4 is 10.5 Å². The smallest absolute Gasteiger partial charge is 0.160 e. The Kier molecular flexibility index (Phi) is 5.75. The molecule has 0 heterocycles. The molecule has 0 radical (unpaired) electrons. The van der Waals surface area contributed by atoms with Gasteiger partial charge in [-0.3, -0.25) is 0 Å². The molecular formula is C12H20ClNO3. The third kappa shape index (κ3) is 3.49. The molecular weight excluding hydrogens is 242 g/mol. The average molecular weight is 262 g/mol. The Balaban J connectivity index is 0.00000256. The van der Waals surface area contributed by atoms with Crippen molar-refractivity contribution in [3.05, 3.63) is 23.8 Å². The molecule has 98 valence electrons. The van der Waals surface area contributed by atoms with Crippen molar-refractivity contribution in [2.24, 2.45) is 11.1 Å². The molecule has 0 aromatic heterocycles. The van der Waals surface area contributed by atoms with Gasteiger partial charge in [0.05, 0.1) is 7.11 Å². The summed E-state index contributed by atoms with van der Waals surface area (Å²) in [4.78, 5) is 0. The maximum absolute atomic E-state index is 9.64. The largest absolute Gasteiger partial charge is 0.504 e. The number of aromatic hydroxyl groups is 1. The van der Waals surface area contributed by atoms with Gasteiger partial charge >= 0.3 is 0 Å². The molecule has 0 aliphatic rings. The highest BCUT2D eigenvalue weighted by Crippen LogP contribution is 2.35. The second-order valence-electron chi connectivity index (χ2n) is 4.56. The summed E-state index contributed by atoms with van der Waals surface area (Å²) in [7, 11) is 1.49. The van der Waals surface area contributed by atoms with Crippen molar-refractivity contribution in [2.75, 3.05) is 13.7 Å². The zero-order valence-corrected chi connectivity index (χ0v) is 11.1. The first-order valence-corrected chi connectivity index (χ1v) is 5.15. The lowest BCUT2D eigenvalue weighted by Crippen LogP contribution is -2.32. The number of aliphatic hydroxyl groups excluding tert-OH is 1. The maximum atomic E-state index is 9.64. The van der Waals surface area contributed by atoms with E-state index in [2.05, 4.69) is 0 Å². The number of phenols is 1. The zero-order chi connectivity index (χ0) is 12.3. The Hall–Kier alpha value is -0.970. The van der Waals surface area contributed by atoms with Crippen LogP contribution in [0.1, 0.15) is 25.5 Å². The molecule has 1 aromatic carbocycles. The molecule has 1 rings (SSSR count). The van der Waals surface area contributed by atoms with Crippen LogP contribution in [-0.4, -0.2) is 23.9 Å². The Morgan fingerprint density at radius 3 is 2.41 bits per heavy atom. The molecule has 0 fully saturated rings. The van der Waals surface area contributed by atoms with Crippen molar-refractivity contribution in [3.63, 3.8) is 0 Å². The first kappa shape index (κ1) is 16.0. The predicted molar refractivity (Wildman–Crippen MR) is 69.7 cm³/mol. The van der Waals surface area contributed by atoms with E-state index in [-0.39, 0.29) is 30.8 Å². The van der Waals surface area contributed by atoms with E-state index >= 15 is 0 Å². The number of hydrogen-bond acceptors (Lipinski definition) is 4. The van der Waals surface area contributed by atoms with Crippen molar-refractivity contribution in [2.45, 2.75) is 19.9 Å². The summed E-state index contributed by atoms with van der Waals surface area (Å²) in [6.45, 7) is 3.73. The Bertz CT molecular complexity index is 369. The Morgan fingerprint density at radius 2 is 2.00 bits per heavy atom. The van der Waals surface area contributed by atoms with Gasteiger partial charge in [-0.2, -0.15) is 0 Å². The van der Waals surface area contributed by atoms with Crippen LogP contribution in [0.4, 0.5) is 0 Å². The molecule has 0 saturated carbocycles. The second kappa shape index (κ2) is 6.10. The lowest BCUT2D eigenvalue weighted by molar-refractivity contribution is 0.132. The highest BCUT2D eigenvalue weighted by Gasteiger charge is 2.27. The summed E-state index contributed by atoms with van der Waals surface area (Å²) >= 11 is 0. The molecule has 0 aliphatic heterocycles. The van der Waals surface area contributed by atoms with Crippen LogP contribution in [0, 0.1) is 5.41 Å². The summed E-state index contributed by atoms with van der Waals surface area (Å²) in [6, 6.07) is 4.69. The van der Waals surface area contributed by atoms with E-state index in [9.17, 15) is 10.2 Å². The van der Waals surface area contributed by atoms with Crippen LogP contribution >= 0.6 is 12.4 Å². The van der Waals surface area contributed by atoms with Gasteiger partial charge < -0.3 is 20.7 Å². The molecule has 0 bridgehead atoms. The lowest BCUT2D eigenvalue weighted by atomic mass is 9.82. The number of aliphatic hydroxyl groups is 1. The molecule has 1 aromatic rings. The summed E-state index contributed by atoms with van der Waals surface area (Å²) in [5, 5.41) is 18.9. The molecule has 4 nitrogen and oxygen atoms in total. The Labute approximate surface area is 108 Å². The Morgan fingerprint density at radius 1 is 1.41 bits per heavy atom. The van der Waals surface area contributed by atoms with E-state index in [0.29, 0.717) is 5.75 Å². The number of ether oxygens (including phenoxy) is 1. The molecule has 5 heteroatoms. The van der Waals surface area contributed by atoms with Crippen LogP contribution in [-0.2, 0) is 0 Å². The third-order valence-electron chi connectivity index (χ3n) is 2.81. The minimum atomic E-state index is -0.430. The van der Waals surface area contributed by atoms with Gasteiger partial charge in [0, 0.05) is 18.1 Å². The normalized spacial score (nSPS) is 12.8. The quantitative estimate of drug-likeness (QED) is 0.773. The molecule has 0 spiro atoms. The number of halogens is 1. The second-order valence-corrected chi connectivity index (χ2v) is 4.56. The summed E-state index contributed by atoms with van der Waals surface area (Å²) in [5.74, 6) is 0.474. The summed E-state index contributed by atoms with van der Waals surface area (Å²) in [6.07, 6.45) is 0. The molecule has 0 amide bonds. The number of methoxy groups -OCH3 is 1. The van der Waals surface area contributed by atoms with Gasteiger partial charge in [-0.1, -0.05) is 19.9 Å². The van der Waals surface area contributed by atoms with E-state index in [0.717, 1.165) is 5.56 Å².